The maximum Gasteiger partial charge on any atom is 0.0506 e. The molecule has 3 fully saturated rings. The smallest absolute Gasteiger partial charge is 0.0506 e. The highest BCUT2D eigenvalue weighted by Crippen LogP contribution is 2.35. The van der Waals surface area contributed by atoms with Crippen molar-refractivity contribution in [2.75, 3.05) is 39.4 Å². The van der Waals surface area contributed by atoms with Gasteiger partial charge in [0, 0.05) is 25.7 Å². The molecule has 98 valence electrons. The van der Waals surface area contributed by atoms with Gasteiger partial charge in [0.2, 0.25) is 0 Å². The van der Waals surface area contributed by atoms with E-state index in [1.807, 2.05) is 0 Å². The van der Waals surface area contributed by atoms with Crippen molar-refractivity contribution >= 4 is 0 Å². The van der Waals surface area contributed by atoms with Gasteiger partial charge in [-0.3, -0.25) is 4.90 Å². The molecule has 1 N–H and O–H groups in total. The summed E-state index contributed by atoms with van der Waals surface area (Å²) in [5, 5.41) is 3.56. The molecule has 0 aromatic heterocycles. The average molecular weight is 238 g/mol. The van der Waals surface area contributed by atoms with Crippen molar-refractivity contribution in [2.24, 2.45) is 17.8 Å². The third kappa shape index (κ3) is 2.38. The van der Waals surface area contributed by atoms with Crippen LogP contribution < -0.4 is 5.32 Å². The number of nitrogens with one attached hydrogen (secondary N) is 1. The Morgan fingerprint density at radius 1 is 1.35 bits per heavy atom. The molecule has 3 heterocycles. The second kappa shape index (κ2) is 5.25. The summed E-state index contributed by atoms with van der Waals surface area (Å²) in [4.78, 5) is 2.77. The van der Waals surface area contributed by atoms with Crippen LogP contribution >= 0.6 is 0 Å². The number of ether oxygens (including phenoxy) is 1. The molecule has 0 saturated carbocycles. The Morgan fingerprint density at radius 2 is 2.29 bits per heavy atom. The Balaban J connectivity index is 1.58. The van der Waals surface area contributed by atoms with E-state index < -0.39 is 0 Å². The molecule has 3 heteroatoms. The highest BCUT2D eigenvalue weighted by atomic mass is 16.5. The van der Waals surface area contributed by atoms with Crippen molar-refractivity contribution < 1.29 is 4.74 Å². The Kier molecular flexibility index (Phi) is 3.69. The van der Waals surface area contributed by atoms with Crippen molar-refractivity contribution in [3.63, 3.8) is 0 Å². The van der Waals surface area contributed by atoms with Crippen molar-refractivity contribution in [2.45, 2.75) is 32.2 Å². The quantitative estimate of drug-likeness (QED) is 0.803. The molecule has 3 rings (SSSR count). The van der Waals surface area contributed by atoms with Gasteiger partial charge in [0.15, 0.2) is 0 Å². The Labute approximate surface area is 105 Å². The summed E-state index contributed by atoms with van der Waals surface area (Å²) >= 11 is 0. The van der Waals surface area contributed by atoms with E-state index in [2.05, 4.69) is 17.1 Å². The van der Waals surface area contributed by atoms with E-state index >= 15 is 0 Å². The minimum atomic E-state index is 0.796. The summed E-state index contributed by atoms with van der Waals surface area (Å²) in [7, 11) is 0. The van der Waals surface area contributed by atoms with E-state index in [-0.39, 0.29) is 0 Å². The first kappa shape index (κ1) is 11.9. The zero-order valence-electron chi connectivity index (χ0n) is 11.0. The fraction of sp³-hybridized carbons (Fsp3) is 1.00. The second-order valence-corrected chi connectivity index (χ2v) is 6.09. The maximum absolute atomic E-state index is 5.62. The fourth-order valence-corrected chi connectivity index (χ4v) is 4.16. The molecule has 3 aliphatic heterocycles. The predicted molar refractivity (Wildman–Crippen MR) is 69.0 cm³/mol. The van der Waals surface area contributed by atoms with Gasteiger partial charge in [0.05, 0.1) is 6.61 Å². The van der Waals surface area contributed by atoms with Gasteiger partial charge in [0.1, 0.15) is 0 Å². The first-order valence-corrected chi connectivity index (χ1v) is 7.41. The molecule has 4 atom stereocenters. The molecule has 0 amide bonds. The Hall–Kier alpha value is -0.120. The lowest BCUT2D eigenvalue weighted by Gasteiger charge is -2.32. The van der Waals surface area contributed by atoms with Gasteiger partial charge >= 0.3 is 0 Å². The summed E-state index contributed by atoms with van der Waals surface area (Å²) < 4.78 is 5.62. The third-order valence-electron chi connectivity index (χ3n) is 4.99. The SMILES string of the molecule is CCC1C2CNCC2CN1CC1CCCOC1. The molecule has 0 spiro atoms. The second-order valence-electron chi connectivity index (χ2n) is 6.09. The lowest BCUT2D eigenvalue weighted by molar-refractivity contribution is 0.0343. The van der Waals surface area contributed by atoms with E-state index in [4.69, 9.17) is 4.74 Å². The van der Waals surface area contributed by atoms with Crippen LogP contribution in [-0.4, -0.2) is 50.3 Å². The number of fused-ring (bicyclic) bond motifs is 1. The van der Waals surface area contributed by atoms with E-state index in [1.165, 1.54) is 45.4 Å². The van der Waals surface area contributed by atoms with Crippen molar-refractivity contribution in [3.8, 4) is 0 Å². The van der Waals surface area contributed by atoms with Crippen molar-refractivity contribution in [3.05, 3.63) is 0 Å². The molecule has 0 radical (unpaired) electrons. The molecule has 0 aromatic carbocycles. The molecule has 17 heavy (non-hydrogen) atoms. The van der Waals surface area contributed by atoms with Crippen LogP contribution in [0.1, 0.15) is 26.2 Å². The summed E-state index contributed by atoms with van der Waals surface area (Å²) in [5.74, 6) is 2.64. The maximum atomic E-state index is 5.62. The number of nitrogens with zero attached hydrogens (tertiary/aromatic N) is 1. The largest absolute Gasteiger partial charge is 0.381 e. The normalized spacial score (nSPS) is 42.9. The van der Waals surface area contributed by atoms with E-state index in [1.54, 1.807) is 0 Å². The van der Waals surface area contributed by atoms with E-state index in [9.17, 15) is 0 Å². The van der Waals surface area contributed by atoms with Gasteiger partial charge in [-0.1, -0.05) is 6.92 Å². The van der Waals surface area contributed by atoms with E-state index in [0.717, 1.165) is 37.0 Å². The van der Waals surface area contributed by atoms with Crippen molar-refractivity contribution in [1.82, 2.24) is 10.2 Å². The number of likely N-dealkylation sites (tertiary alicyclic amines) is 1. The van der Waals surface area contributed by atoms with Gasteiger partial charge in [-0.05, 0) is 50.1 Å². The molecular formula is C14H26N2O. The summed E-state index contributed by atoms with van der Waals surface area (Å²) in [6.07, 6.45) is 3.96. The molecule has 3 saturated heterocycles. The van der Waals surface area contributed by atoms with Gasteiger partial charge in [-0.2, -0.15) is 0 Å². The average Bonchev–Trinajstić information content (AvgIpc) is 2.90. The highest BCUT2D eigenvalue weighted by molar-refractivity contribution is 4.98. The van der Waals surface area contributed by atoms with Crippen LogP contribution in [0.2, 0.25) is 0 Å². The van der Waals surface area contributed by atoms with E-state index in [0.29, 0.717) is 0 Å². The molecule has 0 aromatic rings. The number of hydrogen-bond acceptors (Lipinski definition) is 3. The Bertz CT molecular complexity index is 253. The topological polar surface area (TPSA) is 24.5 Å². The molecular weight excluding hydrogens is 212 g/mol. The summed E-state index contributed by atoms with van der Waals surface area (Å²) in [6.45, 7) is 9.46. The zero-order valence-corrected chi connectivity index (χ0v) is 11.0. The molecule has 0 aliphatic carbocycles. The molecule has 0 bridgehead atoms. The molecule has 4 unspecified atom stereocenters. The van der Waals surface area contributed by atoms with Crippen LogP contribution in [0.5, 0.6) is 0 Å². The van der Waals surface area contributed by atoms with Gasteiger partial charge in [-0.25, -0.2) is 0 Å². The summed E-state index contributed by atoms with van der Waals surface area (Å²) in [5.41, 5.74) is 0. The van der Waals surface area contributed by atoms with Crippen LogP contribution in [0.25, 0.3) is 0 Å². The zero-order chi connectivity index (χ0) is 11.7. The highest BCUT2D eigenvalue weighted by Gasteiger charge is 2.43. The van der Waals surface area contributed by atoms with Crippen LogP contribution in [0.3, 0.4) is 0 Å². The molecule has 3 aliphatic rings. The van der Waals surface area contributed by atoms with Gasteiger partial charge < -0.3 is 10.1 Å². The minimum absolute atomic E-state index is 0.796. The predicted octanol–water partition coefficient (Wildman–Crippen LogP) is 1.34. The lowest BCUT2D eigenvalue weighted by Crippen LogP contribution is -2.40. The summed E-state index contributed by atoms with van der Waals surface area (Å²) in [6, 6.07) is 0.830. The van der Waals surface area contributed by atoms with Gasteiger partial charge in [-0.15, -0.1) is 0 Å². The van der Waals surface area contributed by atoms with Crippen LogP contribution in [0.15, 0.2) is 0 Å². The number of rotatable bonds is 3. The van der Waals surface area contributed by atoms with Crippen LogP contribution in [-0.2, 0) is 4.74 Å². The van der Waals surface area contributed by atoms with Crippen LogP contribution in [0, 0.1) is 17.8 Å². The molecule has 3 nitrogen and oxygen atoms in total. The monoisotopic (exact) mass is 238 g/mol. The third-order valence-corrected chi connectivity index (χ3v) is 4.99. The van der Waals surface area contributed by atoms with Crippen molar-refractivity contribution in [1.29, 1.82) is 0 Å². The fourth-order valence-electron chi connectivity index (χ4n) is 4.16. The van der Waals surface area contributed by atoms with Gasteiger partial charge in [0.25, 0.3) is 0 Å². The first-order chi connectivity index (χ1) is 8.38. The number of hydrogen-bond donors (Lipinski definition) is 1. The van der Waals surface area contributed by atoms with Crippen LogP contribution in [0.4, 0.5) is 0 Å². The lowest BCUT2D eigenvalue weighted by atomic mass is 9.92. The first-order valence-electron chi connectivity index (χ1n) is 7.41. The standard InChI is InChI=1S/C14H26N2O/c1-2-14-13-7-15-6-12(13)9-16(14)8-11-4-3-5-17-10-11/h11-15H,2-10H2,1H3. The minimum Gasteiger partial charge on any atom is -0.381 e. The Morgan fingerprint density at radius 3 is 3.06 bits per heavy atom.